The third-order valence-electron chi connectivity index (χ3n) is 7.45. The van der Waals surface area contributed by atoms with Crippen LogP contribution in [0.15, 0.2) is 89.9 Å². The van der Waals surface area contributed by atoms with Gasteiger partial charge in [0.05, 0.1) is 26.6 Å². The van der Waals surface area contributed by atoms with Crippen LogP contribution in [0, 0.1) is 0 Å². The molecule has 7 N–H and O–H groups in total. The van der Waals surface area contributed by atoms with E-state index < -0.39 is 29.6 Å². The predicted octanol–water partition coefficient (Wildman–Crippen LogP) is 6.83. The lowest BCUT2D eigenvalue weighted by Gasteiger charge is -2.19. The maximum atomic E-state index is 13.2. The summed E-state index contributed by atoms with van der Waals surface area (Å²) in [5.74, 6) is -0.000547. The Kier molecular flexibility index (Phi) is 10.6. The number of alkyl halides is 3. The van der Waals surface area contributed by atoms with Crippen molar-refractivity contribution < 1.29 is 27.5 Å². The summed E-state index contributed by atoms with van der Waals surface area (Å²) in [7, 11) is 0. The molecular formula is C34H30Cl2F3N7O3. The van der Waals surface area contributed by atoms with E-state index in [4.69, 9.17) is 50.1 Å². The number of halogens is 5. The lowest BCUT2D eigenvalue weighted by Crippen LogP contribution is -2.27. The molecule has 49 heavy (non-hydrogen) atoms. The fourth-order valence-electron chi connectivity index (χ4n) is 5.17. The fourth-order valence-corrected chi connectivity index (χ4v) is 5.46. The van der Waals surface area contributed by atoms with Crippen LogP contribution in [0.2, 0.25) is 10.0 Å². The fraction of sp³-hybridized carbons (Fsp3) is 0.176. The Hall–Kier alpha value is -5.27. The van der Waals surface area contributed by atoms with Crippen LogP contribution >= 0.6 is 23.2 Å². The first-order valence-electron chi connectivity index (χ1n) is 14.8. The molecule has 1 heterocycles. The molecular weight excluding hydrogens is 682 g/mol. The van der Waals surface area contributed by atoms with Crippen molar-refractivity contribution in [2.75, 3.05) is 6.54 Å². The van der Waals surface area contributed by atoms with Gasteiger partial charge in [-0.05, 0) is 73.0 Å². The highest BCUT2D eigenvalue weighted by molar-refractivity contribution is 6.42. The van der Waals surface area contributed by atoms with E-state index in [-0.39, 0.29) is 36.6 Å². The summed E-state index contributed by atoms with van der Waals surface area (Å²) >= 11 is 12.2. The molecule has 0 aliphatic carbocycles. The first kappa shape index (κ1) is 35.0. The minimum absolute atomic E-state index is 0.0814. The summed E-state index contributed by atoms with van der Waals surface area (Å²) in [4.78, 5) is 34.8. The van der Waals surface area contributed by atoms with Crippen molar-refractivity contribution in [3.05, 3.63) is 112 Å². The molecule has 254 valence electrons. The molecule has 5 rings (SSSR count). The van der Waals surface area contributed by atoms with Crippen LogP contribution in [0.3, 0.4) is 0 Å². The Morgan fingerprint density at radius 2 is 1.67 bits per heavy atom. The largest absolute Gasteiger partial charge is 0.457 e. The number of hydrogen-bond donors (Lipinski definition) is 4. The number of carbonyl (C=O) groups excluding carboxylic acids is 2. The number of nitrogens with one attached hydrogen (secondary N) is 1. The van der Waals surface area contributed by atoms with Gasteiger partial charge in [0.15, 0.2) is 5.96 Å². The third kappa shape index (κ3) is 8.61. The van der Waals surface area contributed by atoms with Crippen molar-refractivity contribution in [3.63, 3.8) is 0 Å². The van der Waals surface area contributed by atoms with Gasteiger partial charge in [-0.1, -0.05) is 47.5 Å². The van der Waals surface area contributed by atoms with Gasteiger partial charge >= 0.3 is 6.18 Å². The maximum Gasteiger partial charge on any atom is 0.416 e. The molecule has 15 heteroatoms. The number of ether oxygens (including phenoxy) is 1. The second-order valence-electron chi connectivity index (χ2n) is 11.0. The number of fused-ring (bicyclic) bond motifs is 1. The Labute approximate surface area is 288 Å². The van der Waals surface area contributed by atoms with Crippen LogP contribution in [0.1, 0.15) is 40.4 Å². The molecule has 0 aliphatic heterocycles. The van der Waals surface area contributed by atoms with Crippen LogP contribution in [0.25, 0.3) is 22.4 Å². The van der Waals surface area contributed by atoms with E-state index in [1.54, 1.807) is 53.1 Å². The molecule has 0 saturated heterocycles. The number of primary amides is 1. The van der Waals surface area contributed by atoms with Crippen LogP contribution in [0.4, 0.5) is 13.2 Å². The summed E-state index contributed by atoms with van der Waals surface area (Å²) in [6.07, 6.45) is -3.82. The molecule has 4 aromatic carbocycles. The topological polar surface area (TPSA) is 164 Å². The highest BCUT2D eigenvalue weighted by atomic mass is 35.5. The van der Waals surface area contributed by atoms with E-state index in [2.05, 4.69) is 10.3 Å². The van der Waals surface area contributed by atoms with Crippen molar-refractivity contribution in [2.24, 2.45) is 22.2 Å². The van der Waals surface area contributed by atoms with Crippen molar-refractivity contribution in [1.82, 2.24) is 14.9 Å². The van der Waals surface area contributed by atoms with E-state index in [9.17, 15) is 22.8 Å². The van der Waals surface area contributed by atoms with Gasteiger partial charge in [0, 0.05) is 30.3 Å². The number of nitrogens with zero attached hydrogens (tertiary/aromatic N) is 3. The average Bonchev–Trinajstić information content (AvgIpc) is 3.43. The van der Waals surface area contributed by atoms with Gasteiger partial charge in [0.1, 0.15) is 23.4 Å². The summed E-state index contributed by atoms with van der Waals surface area (Å²) in [5.41, 5.74) is 18.0. The molecule has 2 amide bonds. The smallest absolute Gasteiger partial charge is 0.416 e. The maximum absolute atomic E-state index is 13.2. The number of aromatic nitrogens is 2. The summed E-state index contributed by atoms with van der Waals surface area (Å²) < 4.78 is 47.2. The first-order valence-corrected chi connectivity index (χ1v) is 15.6. The standard InChI is InChI=1S/C34H30Cl2F3N7O3/c35-25-11-10-24(17-26(25)36)49-23-7-2-5-20(15-23)31-45-27-16-21(32(48)44-18-19-4-1-6-22(14-19)34(37,38)39)9-12-28(27)46(31)29(30(40)47)8-3-13-43-33(41)42/h1-2,4-7,9-12,14-17,29H,3,8,13,18H2,(H2,40,47)(H,44,48)(H4,41,42,43)/t29-/m1/s1. The van der Waals surface area contributed by atoms with Crippen LogP contribution in [-0.4, -0.2) is 33.9 Å². The van der Waals surface area contributed by atoms with Gasteiger partial charge in [-0.3, -0.25) is 14.6 Å². The lowest BCUT2D eigenvalue weighted by atomic mass is 10.1. The number of guanidine groups is 1. The highest BCUT2D eigenvalue weighted by Gasteiger charge is 2.30. The van der Waals surface area contributed by atoms with Crippen molar-refractivity contribution in [2.45, 2.75) is 31.6 Å². The van der Waals surface area contributed by atoms with Crippen LogP contribution in [-0.2, 0) is 17.5 Å². The SMILES string of the molecule is NC(=O)[C@@H](CCCN=C(N)N)n1c(-c2cccc(Oc3ccc(Cl)c(Cl)c3)c2)nc2cc(C(=O)NCc3cccc(C(F)(F)F)c3)ccc21. The Morgan fingerprint density at radius 3 is 2.39 bits per heavy atom. The molecule has 5 aromatic rings. The number of nitrogens with two attached hydrogens (primary N) is 3. The molecule has 10 nitrogen and oxygen atoms in total. The van der Waals surface area contributed by atoms with E-state index in [1.807, 2.05) is 0 Å². The van der Waals surface area contributed by atoms with Crippen molar-refractivity contribution in [1.29, 1.82) is 0 Å². The van der Waals surface area contributed by atoms with Crippen molar-refractivity contribution in [3.8, 4) is 22.9 Å². The average molecular weight is 713 g/mol. The van der Waals surface area contributed by atoms with Gasteiger partial charge < -0.3 is 31.8 Å². The zero-order valence-corrected chi connectivity index (χ0v) is 27.2. The minimum Gasteiger partial charge on any atom is -0.457 e. The Morgan fingerprint density at radius 1 is 0.918 bits per heavy atom. The van der Waals surface area contributed by atoms with Crippen molar-refractivity contribution >= 4 is 52.0 Å². The normalized spacial score (nSPS) is 12.0. The molecule has 0 aliphatic rings. The Balaban J connectivity index is 1.50. The monoisotopic (exact) mass is 711 g/mol. The summed E-state index contributed by atoms with van der Waals surface area (Å²) in [6.45, 7) is 0.128. The molecule has 1 atom stereocenters. The minimum atomic E-state index is -4.51. The zero-order chi connectivity index (χ0) is 35.3. The van der Waals surface area contributed by atoms with Crippen LogP contribution < -0.4 is 27.3 Å². The number of hydrogen-bond acceptors (Lipinski definition) is 5. The quantitative estimate of drug-likeness (QED) is 0.0630. The highest BCUT2D eigenvalue weighted by Crippen LogP contribution is 2.35. The molecule has 0 fully saturated rings. The molecule has 0 radical (unpaired) electrons. The lowest BCUT2D eigenvalue weighted by molar-refractivity contribution is -0.137. The van der Waals surface area contributed by atoms with Gasteiger partial charge in [-0.2, -0.15) is 13.2 Å². The molecule has 0 unspecified atom stereocenters. The number of rotatable bonds is 12. The molecule has 1 aromatic heterocycles. The summed E-state index contributed by atoms with van der Waals surface area (Å²) in [6, 6.07) is 20.3. The zero-order valence-electron chi connectivity index (χ0n) is 25.7. The second kappa shape index (κ2) is 14.9. The Bertz CT molecular complexity index is 2050. The number of aliphatic imine (C=N–C) groups is 1. The van der Waals surface area contributed by atoms with Gasteiger partial charge in [0.25, 0.3) is 5.91 Å². The van der Waals surface area contributed by atoms with Crippen LogP contribution in [0.5, 0.6) is 11.5 Å². The van der Waals surface area contributed by atoms with Gasteiger partial charge in [-0.25, -0.2) is 4.98 Å². The molecule has 0 bridgehead atoms. The number of carbonyl (C=O) groups is 2. The van der Waals surface area contributed by atoms with Gasteiger partial charge in [-0.15, -0.1) is 0 Å². The van der Waals surface area contributed by atoms with E-state index in [0.29, 0.717) is 50.4 Å². The number of amides is 2. The predicted molar refractivity (Wildman–Crippen MR) is 182 cm³/mol. The molecule has 0 saturated carbocycles. The first-order chi connectivity index (χ1) is 23.3. The molecule has 0 spiro atoms. The summed E-state index contributed by atoms with van der Waals surface area (Å²) in [5, 5.41) is 3.34. The van der Waals surface area contributed by atoms with E-state index in [1.165, 1.54) is 24.3 Å². The van der Waals surface area contributed by atoms with E-state index >= 15 is 0 Å². The van der Waals surface area contributed by atoms with Gasteiger partial charge in [0.2, 0.25) is 5.91 Å². The number of benzene rings is 4. The third-order valence-corrected chi connectivity index (χ3v) is 8.19. The number of imidazole rings is 1. The second-order valence-corrected chi connectivity index (χ2v) is 11.8. The van der Waals surface area contributed by atoms with E-state index in [0.717, 1.165) is 12.1 Å².